The van der Waals surface area contributed by atoms with E-state index in [0.29, 0.717) is 23.6 Å². The van der Waals surface area contributed by atoms with Crippen molar-refractivity contribution < 1.29 is 18.3 Å². The van der Waals surface area contributed by atoms with Crippen LogP contribution in [-0.2, 0) is 10.0 Å². The third kappa shape index (κ3) is 4.24. The Bertz CT molecular complexity index is 909. The lowest BCUT2D eigenvalue weighted by Gasteiger charge is -2.28. The van der Waals surface area contributed by atoms with Crippen molar-refractivity contribution in [2.75, 3.05) is 18.4 Å². The zero-order valence-electron chi connectivity index (χ0n) is 13.9. The number of carbonyl (C=O) groups is 1. The maximum absolute atomic E-state index is 12.8. The van der Waals surface area contributed by atoms with Crippen LogP contribution < -0.4 is 5.32 Å². The van der Waals surface area contributed by atoms with E-state index in [-0.39, 0.29) is 23.5 Å². The van der Waals surface area contributed by atoms with Crippen LogP contribution in [0.2, 0.25) is 5.02 Å². The van der Waals surface area contributed by atoms with Crippen LogP contribution in [0.25, 0.3) is 0 Å². The Hall–Kier alpha value is -1.93. The van der Waals surface area contributed by atoms with Crippen molar-refractivity contribution in [1.82, 2.24) is 4.31 Å². The lowest BCUT2D eigenvalue weighted by atomic mass is 10.1. The number of piperidine rings is 1. The van der Waals surface area contributed by atoms with Gasteiger partial charge in [-0.05, 0) is 49.2 Å². The molecule has 0 radical (unpaired) electrons. The molecular formula is C18H19ClN2O4S. The maximum atomic E-state index is 12.8. The van der Waals surface area contributed by atoms with Gasteiger partial charge in [-0.25, -0.2) is 8.42 Å². The summed E-state index contributed by atoms with van der Waals surface area (Å²) in [6.45, 7) is 0.533. The standard InChI is InChI=1S/C18H19ClN2O4S/c19-14-4-2-5-15(12-14)20-18(23)13-3-1-6-17(11-13)26(24,25)21-9-7-16(22)8-10-21/h1-6,11-12,16,22H,7-10H2,(H,20,23). The molecule has 0 atom stereocenters. The SMILES string of the molecule is O=C(Nc1cccc(Cl)c1)c1cccc(S(=O)(=O)N2CCC(O)CC2)c1. The Balaban J connectivity index is 1.80. The first kappa shape index (κ1) is 18.8. The molecule has 0 aliphatic carbocycles. The first-order valence-corrected chi connectivity index (χ1v) is 10.0. The van der Waals surface area contributed by atoms with Crippen LogP contribution in [0.5, 0.6) is 0 Å². The lowest BCUT2D eigenvalue weighted by Crippen LogP contribution is -2.40. The quantitative estimate of drug-likeness (QED) is 0.834. The molecule has 0 spiro atoms. The number of anilines is 1. The van der Waals surface area contributed by atoms with Crippen molar-refractivity contribution in [3.63, 3.8) is 0 Å². The molecule has 8 heteroatoms. The summed E-state index contributed by atoms with van der Waals surface area (Å²) in [6, 6.07) is 12.6. The van der Waals surface area contributed by atoms with Gasteiger partial charge < -0.3 is 10.4 Å². The number of aliphatic hydroxyl groups is 1. The fourth-order valence-electron chi connectivity index (χ4n) is 2.80. The molecule has 0 saturated carbocycles. The van der Waals surface area contributed by atoms with Crippen molar-refractivity contribution in [3.05, 3.63) is 59.1 Å². The molecule has 3 rings (SSSR count). The molecule has 1 aliphatic heterocycles. The van der Waals surface area contributed by atoms with Gasteiger partial charge in [0.15, 0.2) is 0 Å². The predicted molar refractivity (Wildman–Crippen MR) is 99.8 cm³/mol. The van der Waals surface area contributed by atoms with Crippen LogP contribution in [0.15, 0.2) is 53.4 Å². The predicted octanol–water partition coefficient (Wildman–Crippen LogP) is 2.74. The zero-order valence-corrected chi connectivity index (χ0v) is 15.5. The molecule has 138 valence electrons. The third-order valence-electron chi connectivity index (χ3n) is 4.24. The highest BCUT2D eigenvalue weighted by molar-refractivity contribution is 7.89. The van der Waals surface area contributed by atoms with Crippen molar-refractivity contribution >= 4 is 33.2 Å². The fourth-order valence-corrected chi connectivity index (χ4v) is 4.51. The Kier molecular flexibility index (Phi) is 5.62. The van der Waals surface area contributed by atoms with Crippen LogP contribution in [0.1, 0.15) is 23.2 Å². The van der Waals surface area contributed by atoms with E-state index < -0.39 is 22.0 Å². The minimum absolute atomic E-state index is 0.0626. The van der Waals surface area contributed by atoms with E-state index in [0.717, 1.165) is 0 Å². The Morgan fingerprint density at radius 3 is 2.50 bits per heavy atom. The average molecular weight is 395 g/mol. The van der Waals surface area contributed by atoms with Crippen LogP contribution in [0, 0.1) is 0 Å². The normalized spacial score (nSPS) is 16.4. The smallest absolute Gasteiger partial charge is 0.255 e. The van der Waals surface area contributed by atoms with Gasteiger partial charge in [0.25, 0.3) is 5.91 Å². The Morgan fingerprint density at radius 2 is 1.81 bits per heavy atom. The minimum atomic E-state index is -3.70. The number of amides is 1. The summed E-state index contributed by atoms with van der Waals surface area (Å²) < 4.78 is 26.9. The van der Waals surface area contributed by atoms with Crippen LogP contribution >= 0.6 is 11.6 Å². The van der Waals surface area contributed by atoms with E-state index in [1.54, 1.807) is 36.4 Å². The van der Waals surface area contributed by atoms with E-state index in [2.05, 4.69) is 5.32 Å². The van der Waals surface area contributed by atoms with E-state index >= 15 is 0 Å². The van der Waals surface area contributed by atoms with Gasteiger partial charge in [-0.15, -0.1) is 0 Å². The van der Waals surface area contributed by atoms with Crippen molar-refractivity contribution in [2.24, 2.45) is 0 Å². The molecule has 1 fully saturated rings. The third-order valence-corrected chi connectivity index (χ3v) is 6.37. The molecule has 0 unspecified atom stereocenters. The summed E-state index contributed by atoms with van der Waals surface area (Å²) in [5.41, 5.74) is 0.767. The second-order valence-corrected chi connectivity index (χ2v) is 8.50. The first-order valence-electron chi connectivity index (χ1n) is 8.21. The summed E-state index contributed by atoms with van der Waals surface area (Å²) in [4.78, 5) is 12.5. The summed E-state index contributed by atoms with van der Waals surface area (Å²) in [6.07, 6.45) is 0.360. The summed E-state index contributed by atoms with van der Waals surface area (Å²) >= 11 is 5.90. The van der Waals surface area contributed by atoms with Gasteiger partial charge in [0.05, 0.1) is 11.0 Å². The molecule has 1 saturated heterocycles. The topological polar surface area (TPSA) is 86.7 Å². The highest BCUT2D eigenvalue weighted by atomic mass is 35.5. The largest absolute Gasteiger partial charge is 0.393 e. The lowest BCUT2D eigenvalue weighted by molar-refractivity contribution is 0.102. The molecule has 1 aliphatic rings. The molecular weight excluding hydrogens is 376 g/mol. The van der Waals surface area contributed by atoms with Gasteiger partial charge >= 0.3 is 0 Å². The molecule has 26 heavy (non-hydrogen) atoms. The van der Waals surface area contributed by atoms with E-state index in [1.165, 1.54) is 16.4 Å². The van der Waals surface area contributed by atoms with E-state index in [1.807, 2.05) is 0 Å². The maximum Gasteiger partial charge on any atom is 0.255 e. The average Bonchev–Trinajstić information content (AvgIpc) is 2.62. The van der Waals surface area contributed by atoms with Crippen LogP contribution in [-0.4, -0.2) is 42.9 Å². The second-order valence-electron chi connectivity index (χ2n) is 6.13. The second kappa shape index (κ2) is 7.75. The molecule has 0 aromatic heterocycles. The molecule has 6 nitrogen and oxygen atoms in total. The number of nitrogens with zero attached hydrogens (tertiary/aromatic N) is 1. The molecule has 2 N–H and O–H groups in total. The molecule has 2 aromatic rings. The molecule has 1 heterocycles. The number of nitrogens with one attached hydrogen (secondary N) is 1. The van der Waals surface area contributed by atoms with E-state index in [9.17, 15) is 18.3 Å². The highest BCUT2D eigenvalue weighted by Crippen LogP contribution is 2.22. The Labute approximate surface area is 157 Å². The van der Waals surface area contributed by atoms with Gasteiger partial charge in [0.1, 0.15) is 0 Å². The van der Waals surface area contributed by atoms with Crippen LogP contribution in [0.3, 0.4) is 0 Å². The van der Waals surface area contributed by atoms with Gasteiger partial charge in [-0.1, -0.05) is 23.7 Å². The first-order chi connectivity index (χ1) is 12.4. The van der Waals surface area contributed by atoms with Gasteiger partial charge in [-0.2, -0.15) is 4.31 Å². The number of halogens is 1. The molecule has 0 bridgehead atoms. The zero-order chi connectivity index (χ0) is 18.7. The van der Waals surface area contributed by atoms with Gasteiger partial charge in [-0.3, -0.25) is 4.79 Å². The number of benzene rings is 2. The summed E-state index contributed by atoms with van der Waals surface area (Å²) in [5.74, 6) is -0.418. The van der Waals surface area contributed by atoms with E-state index in [4.69, 9.17) is 11.6 Å². The number of sulfonamides is 1. The Morgan fingerprint density at radius 1 is 1.12 bits per heavy atom. The fraction of sp³-hybridized carbons (Fsp3) is 0.278. The number of hydrogen-bond acceptors (Lipinski definition) is 4. The number of hydrogen-bond donors (Lipinski definition) is 2. The van der Waals surface area contributed by atoms with Crippen LogP contribution in [0.4, 0.5) is 5.69 Å². The summed E-state index contributed by atoms with van der Waals surface area (Å²) in [7, 11) is -3.70. The van der Waals surface area contributed by atoms with Crippen molar-refractivity contribution in [3.8, 4) is 0 Å². The number of carbonyl (C=O) groups excluding carboxylic acids is 1. The van der Waals surface area contributed by atoms with Gasteiger partial charge in [0, 0.05) is 29.4 Å². The minimum Gasteiger partial charge on any atom is -0.393 e. The monoisotopic (exact) mass is 394 g/mol. The summed E-state index contributed by atoms with van der Waals surface area (Å²) in [5, 5.41) is 12.7. The molecule has 1 amide bonds. The van der Waals surface area contributed by atoms with Gasteiger partial charge in [0.2, 0.25) is 10.0 Å². The van der Waals surface area contributed by atoms with Crippen molar-refractivity contribution in [2.45, 2.75) is 23.8 Å². The van der Waals surface area contributed by atoms with Crippen molar-refractivity contribution in [1.29, 1.82) is 0 Å². The number of rotatable bonds is 4. The molecule has 2 aromatic carbocycles. The number of aliphatic hydroxyl groups excluding tert-OH is 1. The highest BCUT2D eigenvalue weighted by Gasteiger charge is 2.29.